The molecule has 0 aliphatic carbocycles. The third-order valence-corrected chi connectivity index (χ3v) is 3.34. The molecule has 0 bridgehead atoms. The van der Waals surface area contributed by atoms with Crippen LogP contribution in [0.4, 0.5) is 18.9 Å². The van der Waals surface area contributed by atoms with Gasteiger partial charge in [0.05, 0.1) is 18.4 Å². The van der Waals surface area contributed by atoms with E-state index in [2.05, 4.69) is 4.72 Å². The van der Waals surface area contributed by atoms with Gasteiger partial charge in [0, 0.05) is 11.6 Å². The molecule has 0 aromatic heterocycles. The predicted molar refractivity (Wildman–Crippen MR) is 77.8 cm³/mol. The van der Waals surface area contributed by atoms with Crippen LogP contribution in [0.1, 0.15) is 5.56 Å². The van der Waals surface area contributed by atoms with Gasteiger partial charge in [0.25, 0.3) is 11.3 Å². The molecule has 0 saturated carbocycles. The Balaban J connectivity index is 2.37. The molecule has 22 heavy (non-hydrogen) atoms. The van der Waals surface area contributed by atoms with Crippen LogP contribution in [0.2, 0.25) is 0 Å². The smallest absolute Gasteiger partial charge is 0.416 e. The normalized spacial score (nSPS) is 12.8. The van der Waals surface area contributed by atoms with Crippen molar-refractivity contribution in [2.24, 2.45) is 0 Å². The minimum absolute atomic E-state index is 0.355. The van der Waals surface area contributed by atoms with Crippen LogP contribution in [-0.2, 0) is 17.4 Å². The molecule has 2 aromatic carbocycles. The van der Waals surface area contributed by atoms with Crippen molar-refractivity contribution < 1.29 is 26.7 Å². The van der Waals surface area contributed by atoms with Gasteiger partial charge in [0.15, 0.2) is 0 Å². The minimum atomic E-state index is -4.39. The van der Waals surface area contributed by atoms with Gasteiger partial charge in [-0.05, 0) is 29.8 Å². The number of halogens is 3. The van der Waals surface area contributed by atoms with Gasteiger partial charge in [0.2, 0.25) is 0 Å². The minimum Gasteiger partial charge on any atom is -0.496 e. The fourth-order valence-electron chi connectivity index (χ4n) is 1.93. The Hall–Kier alpha value is -2.06. The van der Waals surface area contributed by atoms with E-state index in [4.69, 9.17) is 9.29 Å². The van der Waals surface area contributed by atoms with Crippen LogP contribution < -0.4 is 9.46 Å². The van der Waals surface area contributed by atoms with Crippen molar-refractivity contribution >= 4 is 17.0 Å². The summed E-state index contributed by atoms with van der Waals surface area (Å²) >= 11 is -2.22. The van der Waals surface area contributed by atoms with Crippen molar-refractivity contribution in [3.05, 3.63) is 48.0 Å². The van der Waals surface area contributed by atoms with Gasteiger partial charge in [-0.1, -0.05) is 12.1 Å². The second-order valence-electron chi connectivity index (χ2n) is 4.34. The first-order valence-electron chi connectivity index (χ1n) is 6.04. The van der Waals surface area contributed by atoms with Gasteiger partial charge >= 0.3 is 6.18 Å². The number of methoxy groups -OCH3 is 1. The van der Waals surface area contributed by atoms with Gasteiger partial charge < -0.3 is 4.74 Å². The summed E-state index contributed by atoms with van der Waals surface area (Å²) in [6, 6.07) is 9.28. The van der Waals surface area contributed by atoms with Crippen LogP contribution in [0.25, 0.3) is 11.1 Å². The fraction of sp³-hybridized carbons (Fsp3) is 0.143. The third-order valence-electron chi connectivity index (χ3n) is 2.93. The van der Waals surface area contributed by atoms with Crippen molar-refractivity contribution in [2.75, 3.05) is 11.8 Å². The number of alkyl halides is 3. The van der Waals surface area contributed by atoms with Gasteiger partial charge in [-0.2, -0.15) is 13.2 Å². The van der Waals surface area contributed by atoms with E-state index in [1.807, 2.05) is 0 Å². The Morgan fingerprint density at radius 3 is 2.27 bits per heavy atom. The van der Waals surface area contributed by atoms with Gasteiger partial charge in [-0.25, -0.2) is 4.21 Å². The Bertz CT molecular complexity index is 687. The van der Waals surface area contributed by atoms with Crippen molar-refractivity contribution in [3.8, 4) is 16.9 Å². The zero-order valence-corrected chi connectivity index (χ0v) is 12.2. The van der Waals surface area contributed by atoms with E-state index >= 15 is 0 Å². The van der Waals surface area contributed by atoms with E-state index in [0.29, 0.717) is 22.6 Å². The first-order valence-corrected chi connectivity index (χ1v) is 7.15. The van der Waals surface area contributed by atoms with Crippen molar-refractivity contribution in [2.45, 2.75) is 6.18 Å². The molecule has 8 heteroatoms. The summed E-state index contributed by atoms with van der Waals surface area (Å²) in [5, 5.41) is 0. The lowest BCUT2D eigenvalue weighted by Crippen LogP contribution is -2.04. The SMILES string of the molecule is COc1cc(NS(=O)O)ccc1-c1ccc(C(F)(F)F)cc1. The second-order valence-corrected chi connectivity index (χ2v) is 5.04. The molecule has 1 atom stereocenters. The molecule has 118 valence electrons. The number of anilines is 1. The predicted octanol–water partition coefficient (Wildman–Crippen LogP) is 3.93. The number of nitrogens with one attached hydrogen (secondary N) is 1. The van der Waals surface area contributed by atoms with Gasteiger partial charge in [0.1, 0.15) is 5.75 Å². The first kappa shape index (κ1) is 16.3. The monoisotopic (exact) mass is 331 g/mol. The van der Waals surface area contributed by atoms with Crippen molar-refractivity contribution in [1.82, 2.24) is 0 Å². The van der Waals surface area contributed by atoms with Crippen LogP contribution in [0.5, 0.6) is 5.75 Å². The number of ether oxygens (including phenoxy) is 1. The molecule has 2 aromatic rings. The lowest BCUT2D eigenvalue weighted by molar-refractivity contribution is -0.137. The molecule has 2 N–H and O–H groups in total. The number of rotatable bonds is 4. The molecule has 0 heterocycles. The third kappa shape index (κ3) is 3.77. The maximum absolute atomic E-state index is 12.6. The number of hydrogen-bond acceptors (Lipinski definition) is 2. The van der Waals surface area contributed by atoms with E-state index < -0.39 is 23.0 Å². The molecule has 0 spiro atoms. The molecule has 2 rings (SSSR count). The summed E-state index contributed by atoms with van der Waals surface area (Å²) in [4.78, 5) is 0. The Kier molecular flexibility index (Phi) is 4.72. The summed E-state index contributed by atoms with van der Waals surface area (Å²) in [5.41, 5.74) is 0.740. The topological polar surface area (TPSA) is 58.6 Å². The summed E-state index contributed by atoms with van der Waals surface area (Å²) in [5.74, 6) is 0.371. The lowest BCUT2D eigenvalue weighted by Gasteiger charge is -2.12. The van der Waals surface area contributed by atoms with Crippen LogP contribution in [0.15, 0.2) is 42.5 Å². The Morgan fingerprint density at radius 1 is 1.14 bits per heavy atom. The van der Waals surface area contributed by atoms with E-state index in [1.54, 1.807) is 6.07 Å². The number of benzene rings is 2. The number of hydrogen-bond donors (Lipinski definition) is 2. The van der Waals surface area contributed by atoms with Crippen LogP contribution >= 0.6 is 0 Å². The van der Waals surface area contributed by atoms with Crippen LogP contribution in [0.3, 0.4) is 0 Å². The zero-order chi connectivity index (χ0) is 16.3. The van der Waals surface area contributed by atoms with E-state index in [0.717, 1.165) is 12.1 Å². The van der Waals surface area contributed by atoms with Gasteiger partial charge in [-0.3, -0.25) is 9.27 Å². The molecule has 1 unspecified atom stereocenters. The van der Waals surface area contributed by atoms with E-state index in [-0.39, 0.29) is 0 Å². The molecule has 0 aliphatic heterocycles. The van der Waals surface area contributed by atoms with Crippen molar-refractivity contribution in [3.63, 3.8) is 0 Å². The summed E-state index contributed by atoms with van der Waals surface area (Å²) in [6.45, 7) is 0. The Labute approximate surface area is 127 Å². The standard InChI is InChI=1S/C14H12F3NO3S/c1-21-13-8-11(18-22(19)20)6-7-12(13)9-2-4-10(5-3-9)14(15,16)17/h2-8,18H,1H3,(H,19,20). The summed E-state index contributed by atoms with van der Waals surface area (Å²) in [6.07, 6.45) is -4.39. The highest BCUT2D eigenvalue weighted by Crippen LogP contribution is 2.35. The highest BCUT2D eigenvalue weighted by Gasteiger charge is 2.30. The molecule has 4 nitrogen and oxygen atoms in total. The largest absolute Gasteiger partial charge is 0.496 e. The van der Waals surface area contributed by atoms with E-state index in [1.165, 1.54) is 31.4 Å². The zero-order valence-electron chi connectivity index (χ0n) is 11.3. The summed E-state index contributed by atoms with van der Waals surface area (Å²) in [7, 11) is 1.41. The molecule has 0 saturated heterocycles. The van der Waals surface area contributed by atoms with Crippen LogP contribution in [-0.4, -0.2) is 15.9 Å². The molecular weight excluding hydrogens is 319 g/mol. The molecule has 0 fully saturated rings. The van der Waals surface area contributed by atoms with Crippen LogP contribution in [0, 0.1) is 0 Å². The molecular formula is C14H12F3NO3S. The van der Waals surface area contributed by atoms with Gasteiger partial charge in [-0.15, -0.1) is 0 Å². The second kappa shape index (κ2) is 6.37. The average Bonchev–Trinajstić information content (AvgIpc) is 2.45. The fourth-order valence-corrected chi connectivity index (χ4v) is 2.26. The van der Waals surface area contributed by atoms with E-state index in [9.17, 15) is 17.4 Å². The quantitative estimate of drug-likeness (QED) is 0.835. The highest BCUT2D eigenvalue weighted by molar-refractivity contribution is 7.80. The molecule has 0 amide bonds. The first-order chi connectivity index (χ1) is 10.3. The van der Waals surface area contributed by atoms with Crippen molar-refractivity contribution in [1.29, 1.82) is 0 Å². The summed E-state index contributed by atoms with van der Waals surface area (Å²) < 4.78 is 64.6. The Morgan fingerprint density at radius 2 is 1.77 bits per heavy atom. The molecule has 0 aliphatic rings. The molecule has 0 radical (unpaired) electrons. The lowest BCUT2D eigenvalue weighted by atomic mass is 10.0. The maximum atomic E-state index is 12.6. The average molecular weight is 331 g/mol. The maximum Gasteiger partial charge on any atom is 0.416 e. The highest BCUT2D eigenvalue weighted by atomic mass is 32.2.